The van der Waals surface area contributed by atoms with Crippen LogP contribution in [0.25, 0.3) is 0 Å². The molecule has 0 bridgehead atoms. The van der Waals surface area contributed by atoms with E-state index in [1.165, 1.54) is 0 Å². The molecule has 0 saturated carbocycles. The Bertz CT molecular complexity index is 997. The maximum Gasteiger partial charge on any atom is 0.207 e. The van der Waals surface area contributed by atoms with Crippen molar-refractivity contribution in [1.29, 1.82) is 5.26 Å². The standard InChI is InChI=1S/C20H21ClN4OS/c1-6-7-10-25-12-17(20(2,3)4)27-19(25)24-18(23-13-22)15-11-14(21)8-9-16(15)26-5/h1,8-9,11-12H,7,10H2,2-5H3/b23-18+,24-19-. The molecule has 0 atom stereocenters. The highest BCUT2D eigenvalue weighted by atomic mass is 35.5. The number of methoxy groups -OCH3 is 1. The van der Waals surface area contributed by atoms with E-state index in [9.17, 15) is 0 Å². The van der Waals surface area contributed by atoms with Crippen LogP contribution in [-0.4, -0.2) is 17.5 Å². The normalized spacial score (nSPS) is 12.6. The quantitative estimate of drug-likeness (QED) is 0.331. The molecule has 0 radical (unpaired) electrons. The minimum Gasteiger partial charge on any atom is -0.496 e. The van der Waals surface area contributed by atoms with Crippen molar-refractivity contribution in [2.24, 2.45) is 9.98 Å². The van der Waals surface area contributed by atoms with E-state index < -0.39 is 0 Å². The van der Waals surface area contributed by atoms with Crippen molar-refractivity contribution in [2.45, 2.75) is 39.2 Å². The number of terminal acetylenes is 1. The smallest absolute Gasteiger partial charge is 0.207 e. The molecule has 5 nitrogen and oxygen atoms in total. The van der Waals surface area contributed by atoms with Crippen LogP contribution in [0.1, 0.15) is 37.6 Å². The molecule has 2 rings (SSSR count). The summed E-state index contributed by atoms with van der Waals surface area (Å²) >= 11 is 7.67. The minimum atomic E-state index is -0.0311. The molecule has 0 aliphatic rings. The van der Waals surface area contributed by atoms with Gasteiger partial charge >= 0.3 is 0 Å². The number of amidine groups is 1. The predicted molar refractivity (Wildman–Crippen MR) is 110 cm³/mol. The molecule has 0 spiro atoms. The highest BCUT2D eigenvalue weighted by Crippen LogP contribution is 2.26. The van der Waals surface area contributed by atoms with Gasteiger partial charge < -0.3 is 9.30 Å². The van der Waals surface area contributed by atoms with Gasteiger partial charge in [0.25, 0.3) is 0 Å². The third kappa shape index (κ3) is 5.23. The topological polar surface area (TPSA) is 62.7 Å². The molecular weight excluding hydrogens is 380 g/mol. The van der Waals surface area contributed by atoms with Crippen LogP contribution in [0.15, 0.2) is 34.4 Å². The number of nitrogens with zero attached hydrogens (tertiary/aromatic N) is 4. The largest absolute Gasteiger partial charge is 0.496 e. The number of hydrogen-bond acceptors (Lipinski definition) is 4. The number of aliphatic imine (C=N–C) groups is 1. The van der Waals surface area contributed by atoms with Gasteiger partial charge in [0.1, 0.15) is 5.75 Å². The summed E-state index contributed by atoms with van der Waals surface area (Å²) in [7, 11) is 1.55. The van der Waals surface area contributed by atoms with Crippen LogP contribution in [0.5, 0.6) is 5.75 Å². The number of halogens is 1. The summed E-state index contributed by atoms with van der Waals surface area (Å²) in [6.45, 7) is 7.05. The van der Waals surface area contributed by atoms with Crippen LogP contribution in [0.4, 0.5) is 0 Å². The molecule has 0 N–H and O–H groups in total. The van der Waals surface area contributed by atoms with Gasteiger partial charge in [-0.1, -0.05) is 32.4 Å². The Hall–Kier alpha value is -2.54. The molecule has 27 heavy (non-hydrogen) atoms. The maximum atomic E-state index is 9.15. The Labute approximate surface area is 168 Å². The van der Waals surface area contributed by atoms with E-state index in [1.54, 1.807) is 36.6 Å². The van der Waals surface area contributed by atoms with Gasteiger partial charge in [0.05, 0.1) is 12.7 Å². The van der Waals surface area contributed by atoms with Crippen LogP contribution in [0.2, 0.25) is 5.02 Å². The Morgan fingerprint density at radius 1 is 1.41 bits per heavy atom. The minimum absolute atomic E-state index is 0.0311. The molecule has 1 aromatic carbocycles. The zero-order valence-electron chi connectivity index (χ0n) is 15.8. The predicted octanol–water partition coefficient (Wildman–Crippen LogP) is 4.36. The van der Waals surface area contributed by atoms with Crippen LogP contribution in [-0.2, 0) is 12.0 Å². The van der Waals surface area contributed by atoms with Crippen LogP contribution in [0, 0.1) is 23.8 Å². The van der Waals surface area contributed by atoms with E-state index >= 15 is 0 Å². The molecule has 0 aliphatic carbocycles. The van der Waals surface area contributed by atoms with Crippen LogP contribution >= 0.6 is 22.9 Å². The molecule has 2 aromatic rings. The van der Waals surface area contributed by atoms with Gasteiger partial charge in [-0.3, -0.25) is 0 Å². The van der Waals surface area contributed by atoms with E-state index in [2.05, 4.69) is 42.9 Å². The number of rotatable bonds is 4. The van der Waals surface area contributed by atoms with Gasteiger partial charge in [-0.25, -0.2) is 0 Å². The second-order valence-corrected chi connectivity index (χ2v) is 8.21. The molecule has 0 unspecified atom stereocenters. The molecule has 0 saturated heterocycles. The van der Waals surface area contributed by atoms with Crippen molar-refractivity contribution in [1.82, 2.24) is 4.57 Å². The van der Waals surface area contributed by atoms with Gasteiger partial charge in [0.2, 0.25) is 6.19 Å². The molecule has 0 fully saturated rings. The lowest BCUT2D eigenvalue weighted by Crippen LogP contribution is -2.17. The second kappa shape index (κ2) is 8.90. The number of aryl methyl sites for hydroxylation is 1. The van der Waals surface area contributed by atoms with Gasteiger partial charge in [-0.2, -0.15) is 15.2 Å². The van der Waals surface area contributed by atoms with Gasteiger partial charge in [-0.05, 0) is 23.6 Å². The summed E-state index contributed by atoms with van der Waals surface area (Å²) < 4.78 is 7.38. The van der Waals surface area contributed by atoms with Gasteiger partial charge in [0, 0.05) is 29.1 Å². The number of nitriles is 1. The molecule has 7 heteroatoms. The van der Waals surface area contributed by atoms with Crippen molar-refractivity contribution >= 4 is 28.8 Å². The van der Waals surface area contributed by atoms with Gasteiger partial charge in [0.15, 0.2) is 10.6 Å². The maximum absolute atomic E-state index is 9.15. The number of ether oxygens (including phenoxy) is 1. The monoisotopic (exact) mass is 400 g/mol. The lowest BCUT2D eigenvalue weighted by molar-refractivity contribution is 0.414. The number of thiazole rings is 1. The third-order valence-electron chi connectivity index (χ3n) is 3.72. The SMILES string of the molecule is C#CCCn1cc(C(C)(C)C)s/c1=N\C(=N\C#N)c1cc(Cl)ccc1OC. The zero-order chi connectivity index (χ0) is 20.0. The average molecular weight is 401 g/mol. The first-order valence-electron chi connectivity index (χ1n) is 8.29. The molecule has 1 heterocycles. The van der Waals surface area contributed by atoms with Gasteiger partial charge in [-0.15, -0.1) is 23.7 Å². The molecule has 1 aromatic heterocycles. The lowest BCUT2D eigenvalue weighted by atomic mass is 9.95. The first kappa shape index (κ1) is 20.8. The number of aromatic nitrogens is 1. The van der Waals surface area contributed by atoms with E-state index in [1.807, 2.05) is 10.8 Å². The van der Waals surface area contributed by atoms with E-state index in [0.717, 1.165) is 4.88 Å². The van der Waals surface area contributed by atoms with E-state index in [4.69, 9.17) is 28.0 Å². The fraction of sp³-hybridized carbons (Fsp3) is 0.350. The summed E-state index contributed by atoms with van der Waals surface area (Å²) in [6.07, 6.45) is 9.88. The lowest BCUT2D eigenvalue weighted by Gasteiger charge is -2.14. The van der Waals surface area contributed by atoms with Crippen molar-refractivity contribution in [3.63, 3.8) is 0 Å². The second-order valence-electron chi connectivity index (χ2n) is 6.77. The highest BCUT2D eigenvalue weighted by molar-refractivity contribution is 7.09. The molecule has 140 valence electrons. The summed E-state index contributed by atoms with van der Waals surface area (Å²) in [4.78, 5) is 10.4. The first-order chi connectivity index (χ1) is 12.8. The Kier molecular flexibility index (Phi) is 6.85. The highest BCUT2D eigenvalue weighted by Gasteiger charge is 2.18. The average Bonchev–Trinajstić information content (AvgIpc) is 3.02. The fourth-order valence-electron chi connectivity index (χ4n) is 2.30. The Morgan fingerprint density at radius 2 is 2.15 bits per heavy atom. The van der Waals surface area contributed by atoms with Crippen molar-refractivity contribution in [2.75, 3.05) is 7.11 Å². The Morgan fingerprint density at radius 3 is 2.74 bits per heavy atom. The summed E-state index contributed by atoms with van der Waals surface area (Å²) in [5.74, 6) is 3.44. The summed E-state index contributed by atoms with van der Waals surface area (Å²) in [5.41, 5.74) is 0.525. The van der Waals surface area contributed by atoms with Crippen molar-refractivity contribution in [3.8, 4) is 24.3 Å². The van der Waals surface area contributed by atoms with E-state index in [-0.39, 0.29) is 11.3 Å². The zero-order valence-corrected chi connectivity index (χ0v) is 17.4. The molecular formula is C20H21ClN4OS. The van der Waals surface area contributed by atoms with E-state index in [0.29, 0.717) is 34.1 Å². The summed E-state index contributed by atoms with van der Waals surface area (Å²) in [5, 5.41) is 9.66. The summed E-state index contributed by atoms with van der Waals surface area (Å²) in [6, 6.07) is 5.12. The molecule has 0 aliphatic heterocycles. The molecule has 0 amide bonds. The van der Waals surface area contributed by atoms with Crippen LogP contribution < -0.4 is 9.54 Å². The third-order valence-corrected chi connectivity index (χ3v) is 5.40. The fourth-order valence-corrected chi connectivity index (χ4v) is 3.55. The van der Waals surface area contributed by atoms with Crippen molar-refractivity contribution < 1.29 is 4.74 Å². The van der Waals surface area contributed by atoms with Crippen molar-refractivity contribution in [3.05, 3.63) is 44.7 Å². The Balaban J connectivity index is 2.68. The van der Waals surface area contributed by atoms with Crippen LogP contribution in [0.3, 0.4) is 0 Å². The number of benzene rings is 1. The first-order valence-corrected chi connectivity index (χ1v) is 9.49. The number of hydrogen-bond donors (Lipinski definition) is 0.